The van der Waals surface area contributed by atoms with Gasteiger partial charge in [-0.05, 0) is 171 Å². The summed E-state index contributed by atoms with van der Waals surface area (Å²) in [4.78, 5) is 24.9. The highest BCUT2D eigenvalue weighted by atomic mass is 16.7. The Balaban J connectivity index is 0.000000166. The Morgan fingerprint density at radius 3 is 1.78 bits per heavy atom. The number of aliphatic hydroxyl groups is 3. The van der Waals surface area contributed by atoms with Crippen LogP contribution in [0.1, 0.15) is 134 Å². The van der Waals surface area contributed by atoms with Crippen molar-refractivity contribution < 1.29 is 43.9 Å². The van der Waals surface area contributed by atoms with Crippen LogP contribution in [0.25, 0.3) is 0 Å². The summed E-state index contributed by atoms with van der Waals surface area (Å²) in [5.41, 5.74) is 6.00. The summed E-state index contributed by atoms with van der Waals surface area (Å²) in [6.45, 7) is 9.40. The molecule has 65 heavy (non-hydrogen) atoms. The Kier molecular flexibility index (Phi) is 13.3. The Bertz CT molecular complexity index is 2350. The van der Waals surface area contributed by atoms with Crippen molar-refractivity contribution in [3.63, 3.8) is 0 Å². The fraction of sp³-hybridized carbons (Fsp3) is 0.500. The third-order valence-electron chi connectivity index (χ3n) is 16.5. The molecule has 7 unspecified atom stereocenters. The van der Waals surface area contributed by atoms with E-state index >= 15 is 0 Å². The van der Waals surface area contributed by atoms with E-state index in [9.17, 15) is 24.9 Å². The molecule has 9 nitrogen and oxygen atoms in total. The van der Waals surface area contributed by atoms with Gasteiger partial charge >= 0.3 is 11.9 Å². The Morgan fingerprint density at radius 2 is 1.22 bits per heavy atom. The number of esters is 2. The van der Waals surface area contributed by atoms with Gasteiger partial charge in [-0.3, -0.25) is 0 Å². The van der Waals surface area contributed by atoms with Crippen molar-refractivity contribution in [3.8, 4) is 11.5 Å². The van der Waals surface area contributed by atoms with Crippen molar-refractivity contribution in [3.05, 3.63) is 143 Å². The SMILES string of the molecule is CCCCOC(C)O[C@H]1C=CC2C3CCc4cc(OC(=O)c5ccccc5)ccc4C3CC[C@@]21C.C[C@]12CCC3c4ccc(OC(=O)c5ccccc5)cc4CCC3C1[C@@H](O)[C@@H](O)[C@@H]2O. The number of aliphatic hydroxyl groups excluding tert-OH is 3. The van der Waals surface area contributed by atoms with Gasteiger partial charge in [-0.1, -0.05) is 87.9 Å². The number of unbranched alkanes of at least 4 members (excludes halogenated alkanes) is 1. The van der Waals surface area contributed by atoms with Gasteiger partial charge in [0.25, 0.3) is 0 Å². The van der Waals surface area contributed by atoms with Gasteiger partial charge in [0.05, 0.1) is 29.4 Å². The number of fused-ring (bicyclic) bond motifs is 10. The number of benzene rings is 4. The highest BCUT2D eigenvalue weighted by Gasteiger charge is 2.62. The molecule has 0 aliphatic heterocycles. The van der Waals surface area contributed by atoms with E-state index in [0.29, 0.717) is 40.4 Å². The number of hydrogen-bond donors (Lipinski definition) is 3. The van der Waals surface area contributed by atoms with E-state index in [-0.39, 0.29) is 47.5 Å². The van der Waals surface area contributed by atoms with Crippen LogP contribution >= 0.6 is 0 Å². The molecule has 4 aromatic rings. The molecule has 0 spiro atoms. The van der Waals surface area contributed by atoms with E-state index < -0.39 is 23.7 Å². The van der Waals surface area contributed by atoms with E-state index in [1.807, 2.05) is 68.4 Å². The van der Waals surface area contributed by atoms with Gasteiger partial charge < -0.3 is 34.3 Å². The van der Waals surface area contributed by atoms with Gasteiger partial charge in [-0.25, -0.2) is 9.59 Å². The molecule has 0 amide bonds. The first-order chi connectivity index (χ1) is 31.4. The smallest absolute Gasteiger partial charge is 0.343 e. The van der Waals surface area contributed by atoms with Crippen LogP contribution in [0, 0.1) is 34.5 Å². The molecule has 344 valence electrons. The Hall–Kier alpha value is -4.64. The average Bonchev–Trinajstić information content (AvgIpc) is 3.74. The number of carbonyl (C=O) groups excluding carboxylic acids is 2. The molecule has 3 saturated carbocycles. The van der Waals surface area contributed by atoms with E-state index in [0.717, 1.165) is 64.4 Å². The van der Waals surface area contributed by atoms with Crippen LogP contribution < -0.4 is 9.47 Å². The molecule has 3 fully saturated rings. The highest BCUT2D eigenvalue weighted by Crippen LogP contribution is 2.62. The number of rotatable bonds is 10. The summed E-state index contributed by atoms with van der Waals surface area (Å²) >= 11 is 0. The molecule has 10 rings (SSSR count). The first-order valence-corrected chi connectivity index (χ1v) is 24.2. The predicted molar refractivity (Wildman–Crippen MR) is 249 cm³/mol. The van der Waals surface area contributed by atoms with Gasteiger partial charge in [0, 0.05) is 17.4 Å². The second kappa shape index (κ2) is 18.9. The summed E-state index contributed by atoms with van der Waals surface area (Å²) in [6, 6.07) is 30.3. The standard InChI is InChI=1S/C31H38O4.C25H28O5/c1-4-5-19-33-21(2)34-29-16-15-28-27-13-11-23-20-24(35-30(32)22-9-7-6-8-10-22)12-14-25(23)26(27)17-18-31(28,29)3;1-25-12-11-18-17-10-8-16(30-24(29)14-5-3-2-4-6-14)13-15(17)7-9-19(18)20(25)21(26)22(27)23(25)28/h6-10,12,14-16,20-21,26-29H,4-5,11,13,17-19H2,1-3H3;2-6,8,10,13,18-23,26-28H,7,9,11-12H2,1H3/t21?,26?,27?,28?,29-,31-;18?,19?,20?,21-,22-,23+,25+/m01/s1. The largest absolute Gasteiger partial charge is 0.423 e. The zero-order valence-corrected chi connectivity index (χ0v) is 38.3. The second-order valence-corrected chi connectivity index (χ2v) is 20.2. The first-order valence-electron chi connectivity index (χ1n) is 24.2. The molecule has 4 aromatic carbocycles. The van der Waals surface area contributed by atoms with Gasteiger partial charge in [-0.2, -0.15) is 0 Å². The average molecular weight is 883 g/mol. The molecular weight excluding hydrogens is 817 g/mol. The van der Waals surface area contributed by atoms with Gasteiger partial charge in [0.2, 0.25) is 0 Å². The lowest BCUT2D eigenvalue weighted by atomic mass is 9.55. The van der Waals surface area contributed by atoms with Crippen molar-refractivity contribution in [2.75, 3.05) is 6.61 Å². The molecule has 13 atom stereocenters. The van der Waals surface area contributed by atoms with E-state index in [1.165, 1.54) is 28.7 Å². The van der Waals surface area contributed by atoms with Crippen LogP contribution in [-0.4, -0.2) is 64.6 Å². The maximum absolute atomic E-state index is 12.5. The molecule has 0 bridgehead atoms. The second-order valence-electron chi connectivity index (χ2n) is 20.2. The number of aryl methyl sites for hydroxylation is 2. The fourth-order valence-electron chi connectivity index (χ4n) is 13.0. The van der Waals surface area contributed by atoms with Gasteiger partial charge in [0.15, 0.2) is 6.29 Å². The molecule has 3 N–H and O–H groups in total. The van der Waals surface area contributed by atoms with Crippen molar-refractivity contribution in [1.29, 1.82) is 0 Å². The summed E-state index contributed by atoms with van der Waals surface area (Å²) in [5, 5.41) is 31.6. The first kappa shape index (κ1) is 45.5. The molecule has 6 aliphatic carbocycles. The number of hydrogen-bond acceptors (Lipinski definition) is 9. The quantitative estimate of drug-likeness (QED) is 0.0468. The Labute approximate surface area is 384 Å². The van der Waals surface area contributed by atoms with Crippen molar-refractivity contribution in [1.82, 2.24) is 0 Å². The van der Waals surface area contributed by atoms with E-state index in [1.54, 1.807) is 24.3 Å². The maximum atomic E-state index is 12.5. The van der Waals surface area contributed by atoms with Crippen molar-refractivity contribution >= 4 is 11.9 Å². The summed E-state index contributed by atoms with van der Waals surface area (Å²) in [6.07, 6.45) is 12.0. The molecule has 0 saturated heterocycles. The molecule has 9 heteroatoms. The van der Waals surface area contributed by atoms with Gasteiger partial charge in [-0.15, -0.1) is 0 Å². The van der Waals surface area contributed by atoms with Crippen LogP contribution in [0.3, 0.4) is 0 Å². The van der Waals surface area contributed by atoms with E-state index in [4.69, 9.17) is 18.9 Å². The number of allylic oxidation sites excluding steroid dienone is 1. The van der Waals surface area contributed by atoms with Crippen LogP contribution in [-0.2, 0) is 22.3 Å². The van der Waals surface area contributed by atoms with E-state index in [2.05, 4.69) is 44.2 Å². The number of ether oxygens (including phenoxy) is 4. The Morgan fingerprint density at radius 1 is 0.677 bits per heavy atom. The summed E-state index contributed by atoms with van der Waals surface area (Å²) < 4.78 is 23.6. The summed E-state index contributed by atoms with van der Waals surface area (Å²) in [7, 11) is 0. The minimum Gasteiger partial charge on any atom is -0.423 e. The highest BCUT2D eigenvalue weighted by molar-refractivity contribution is 5.91. The molecule has 0 heterocycles. The third kappa shape index (κ3) is 8.75. The zero-order valence-electron chi connectivity index (χ0n) is 38.3. The number of carbonyl (C=O) groups is 2. The van der Waals surface area contributed by atoms with Crippen LogP contribution in [0.4, 0.5) is 0 Å². The minimum absolute atomic E-state index is 0.106. The van der Waals surface area contributed by atoms with Crippen LogP contribution in [0.5, 0.6) is 11.5 Å². The zero-order chi connectivity index (χ0) is 45.5. The topological polar surface area (TPSA) is 132 Å². The fourth-order valence-corrected chi connectivity index (χ4v) is 13.0. The predicted octanol–water partition coefficient (Wildman–Crippen LogP) is 10.2. The lowest BCUT2D eigenvalue weighted by Crippen LogP contribution is -2.46. The molecule has 0 aromatic heterocycles. The molecular formula is C56H66O9. The van der Waals surface area contributed by atoms with Crippen LogP contribution in [0.15, 0.2) is 109 Å². The lowest BCUT2D eigenvalue weighted by Gasteiger charge is -2.50. The van der Waals surface area contributed by atoms with Crippen LogP contribution in [0.2, 0.25) is 0 Å². The van der Waals surface area contributed by atoms with Gasteiger partial charge in [0.1, 0.15) is 17.6 Å². The maximum Gasteiger partial charge on any atom is 0.343 e. The molecule has 0 radical (unpaired) electrons. The van der Waals surface area contributed by atoms with Crippen molar-refractivity contribution in [2.45, 2.75) is 134 Å². The third-order valence-corrected chi connectivity index (χ3v) is 16.5. The minimum atomic E-state index is -1.07. The lowest BCUT2D eigenvalue weighted by molar-refractivity contribution is -0.182. The van der Waals surface area contributed by atoms with Crippen molar-refractivity contribution in [2.24, 2.45) is 34.5 Å². The normalized spacial score (nSPS) is 33.1. The summed E-state index contributed by atoms with van der Waals surface area (Å²) in [5.74, 6) is 2.64. The molecule has 6 aliphatic rings. The monoisotopic (exact) mass is 882 g/mol.